The lowest BCUT2D eigenvalue weighted by atomic mass is 10.1. The Kier molecular flexibility index (Phi) is 6.41. The number of piperidine rings is 1. The van der Waals surface area contributed by atoms with E-state index >= 15 is 0 Å². The molecule has 128 valence electrons. The third-order valence-electron chi connectivity index (χ3n) is 3.98. The third kappa shape index (κ3) is 5.51. The molecule has 1 saturated heterocycles. The van der Waals surface area contributed by atoms with Gasteiger partial charge in [0.25, 0.3) is 5.91 Å². The second-order valence-electron chi connectivity index (χ2n) is 5.71. The zero-order valence-electron chi connectivity index (χ0n) is 13.5. The summed E-state index contributed by atoms with van der Waals surface area (Å²) in [5, 5.41) is 2.88. The van der Waals surface area contributed by atoms with Crippen LogP contribution in [0.15, 0.2) is 24.3 Å². The van der Waals surface area contributed by atoms with Crippen LogP contribution in [0.2, 0.25) is 0 Å². The Bertz CT molecular complexity index is 625. The Labute approximate surface area is 138 Å². The number of hydrogen-bond acceptors (Lipinski definition) is 4. The van der Waals surface area contributed by atoms with Gasteiger partial charge in [0.15, 0.2) is 0 Å². The second kappa shape index (κ2) is 8.31. The van der Waals surface area contributed by atoms with Crippen molar-refractivity contribution in [2.24, 2.45) is 0 Å². The lowest BCUT2D eigenvalue weighted by molar-refractivity contribution is 0.0947. The SMILES string of the molecule is CCS(=O)(=O)Nc1ccccc1C(=O)NCCN1CCCCC1. The van der Waals surface area contributed by atoms with Gasteiger partial charge in [-0.3, -0.25) is 9.52 Å². The molecule has 0 spiro atoms. The summed E-state index contributed by atoms with van der Waals surface area (Å²) in [5.41, 5.74) is 0.674. The van der Waals surface area contributed by atoms with Crippen molar-refractivity contribution >= 4 is 21.6 Å². The maximum absolute atomic E-state index is 12.3. The number of para-hydroxylation sites is 1. The number of nitrogens with one attached hydrogen (secondary N) is 2. The molecule has 1 aromatic carbocycles. The molecule has 0 unspecified atom stereocenters. The highest BCUT2D eigenvalue weighted by atomic mass is 32.2. The Morgan fingerprint density at radius 2 is 1.87 bits per heavy atom. The summed E-state index contributed by atoms with van der Waals surface area (Å²) in [4.78, 5) is 14.7. The van der Waals surface area contributed by atoms with Crippen LogP contribution in [0.3, 0.4) is 0 Å². The molecule has 0 aromatic heterocycles. The highest BCUT2D eigenvalue weighted by Gasteiger charge is 2.15. The summed E-state index contributed by atoms with van der Waals surface area (Å²) in [6.07, 6.45) is 3.72. The predicted molar refractivity (Wildman–Crippen MR) is 92.1 cm³/mol. The first-order chi connectivity index (χ1) is 11.0. The Balaban J connectivity index is 1.93. The number of sulfonamides is 1. The van der Waals surface area contributed by atoms with Crippen molar-refractivity contribution in [3.8, 4) is 0 Å². The minimum absolute atomic E-state index is 0.0298. The lowest BCUT2D eigenvalue weighted by Gasteiger charge is -2.26. The van der Waals surface area contributed by atoms with Gasteiger partial charge in [0.05, 0.1) is 17.0 Å². The molecule has 6 nitrogen and oxygen atoms in total. The van der Waals surface area contributed by atoms with Crippen LogP contribution in [0.5, 0.6) is 0 Å². The molecule has 0 bridgehead atoms. The van der Waals surface area contributed by atoms with Gasteiger partial charge in [-0.15, -0.1) is 0 Å². The number of likely N-dealkylation sites (tertiary alicyclic amines) is 1. The number of amides is 1. The quantitative estimate of drug-likeness (QED) is 0.792. The number of anilines is 1. The van der Waals surface area contributed by atoms with E-state index in [2.05, 4.69) is 14.9 Å². The molecule has 1 fully saturated rings. The zero-order valence-corrected chi connectivity index (χ0v) is 14.4. The molecular weight excluding hydrogens is 314 g/mol. The number of carbonyl (C=O) groups is 1. The highest BCUT2D eigenvalue weighted by Crippen LogP contribution is 2.16. The van der Waals surface area contributed by atoms with Crippen LogP contribution in [0.25, 0.3) is 0 Å². The topological polar surface area (TPSA) is 78.5 Å². The minimum Gasteiger partial charge on any atom is -0.351 e. The molecule has 1 aliphatic rings. The first-order valence-corrected chi connectivity index (χ1v) is 9.77. The standard InChI is InChI=1S/C16H25N3O3S/c1-2-23(21,22)18-15-9-5-4-8-14(15)16(20)17-10-13-19-11-6-3-7-12-19/h4-5,8-9,18H,2-3,6-7,10-13H2,1H3,(H,17,20). The van der Waals surface area contributed by atoms with Gasteiger partial charge in [-0.2, -0.15) is 0 Å². The molecule has 1 aromatic rings. The van der Waals surface area contributed by atoms with E-state index in [-0.39, 0.29) is 11.7 Å². The summed E-state index contributed by atoms with van der Waals surface area (Å²) < 4.78 is 25.9. The predicted octanol–water partition coefficient (Wildman–Crippen LogP) is 1.66. The van der Waals surface area contributed by atoms with Crippen LogP contribution < -0.4 is 10.0 Å². The molecule has 0 saturated carbocycles. The van der Waals surface area contributed by atoms with E-state index in [1.54, 1.807) is 31.2 Å². The van der Waals surface area contributed by atoms with Crippen LogP contribution >= 0.6 is 0 Å². The molecule has 1 amide bonds. The van der Waals surface area contributed by atoms with Gasteiger partial charge in [0.1, 0.15) is 0 Å². The normalized spacial score (nSPS) is 16.0. The molecule has 2 rings (SSSR count). The van der Waals surface area contributed by atoms with E-state index in [0.717, 1.165) is 19.6 Å². The number of nitrogens with zero attached hydrogens (tertiary/aromatic N) is 1. The molecular formula is C16H25N3O3S. The molecule has 0 radical (unpaired) electrons. The summed E-state index contributed by atoms with van der Waals surface area (Å²) in [6, 6.07) is 6.66. The molecule has 1 aliphatic heterocycles. The fourth-order valence-corrected chi connectivity index (χ4v) is 3.27. The maximum Gasteiger partial charge on any atom is 0.253 e. The minimum atomic E-state index is -3.40. The van der Waals surface area contributed by atoms with Crippen molar-refractivity contribution in [1.82, 2.24) is 10.2 Å². The smallest absolute Gasteiger partial charge is 0.253 e. The van der Waals surface area contributed by atoms with Gasteiger partial charge in [-0.05, 0) is 45.0 Å². The van der Waals surface area contributed by atoms with Crippen molar-refractivity contribution in [3.63, 3.8) is 0 Å². The summed E-state index contributed by atoms with van der Waals surface area (Å²) in [7, 11) is -3.40. The number of benzene rings is 1. The van der Waals surface area contributed by atoms with E-state index in [1.165, 1.54) is 19.3 Å². The first-order valence-electron chi connectivity index (χ1n) is 8.12. The molecule has 1 heterocycles. The summed E-state index contributed by atoms with van der Waals surface area (Å²) >= 11 is 0. The fourth-order valence-electron chi connectivity index (χ4n) is 2.62. The Morgan fingerprint density at radius 1 is 1.17 bits per heavy atom. The summed E-state index contributed by atoms with van der Waals surface area (Å²) in [5.74, 6) is -0.283. The van der Waals surface area contributed by atoms with Crippen LogP contribution in [-0.2, 0) is 10.0 Å². The van der Waals surface area contributed by atoms with Crippen LogP contribution in [0.1, 0.15) is 36.5 Å². The zero-order chi connectivity index (χ0) is 16.7. The van der Waals surface area contributed by atoms with Crippen molar-refractivity contribution in [2.45, 2.75) is 26.2 Å². The number of rotatable bonds is 7. The van der Waals surface area contributed by atoms with Gasteiger partial charge in [-0.1, -0.05) is 18.6 Å². The first kappa shape index (κ1) is 17.7. The maximum atomic E-state index is 12.3. The largest absolute Gasteiger partial charge is 0.351 e. The molecule has 2 N–H and O–H groups in total. The van der Waals surface area contributed by atoms with Crippen LogP contribution in [0, 0.1) is 0 Å². The number of hydrogen-bond donors (Lipinski definition) is 2. The van der Waals surface area contributed by atoms with E-state index in [4.69, 9.17) is 0 Å². The molecule has 0 atom stereocenters. The van der Waals surface area contributed by atoms with E-state index in [9.17, 15) is 13.2 Å². The third-order valence-corrected chi connectivity index (χ3v) is 5.27. The fraction of sp³-hybridized carbons (Fsp3) is 0.562. The summed E-state index contributed by atoms with van der Waals surface area (Å²) in [6.45, 7) is 5.12. The molecule has 7 heteroatoms. The average molecular weight is 339 g/mol. The Hall–Kier alpha value is -1.60. The van der Waals surface area contributed by atoms with Gasteiger partial charge in [0.2, 0.25) is 10.0 Å². The van der Waals surface area contributed by atoms with Crippen molar-refractivity contribution in [3.05, 3.63) is 29.8 Å². The van der Waals surface area contributed by atoms with Crippen molar-refractivity contribution in [1.29, 1.82) is 0 Å². The van der Waals surface area contributed by atoms with E-state index < -0.39 is 10.0 Å². The second-order valence-corrected chi connectivity index (χ2v) is 7.72. The molecule has 23 heavy (non-hydrogen) atoms. The van der Waals surface area contributed by atoms with Gasteiger partial charge in [-0.25, -0.2) is 8.42 Å². The van der Waals surface area contributed by atoms with Gasteiger partial charge >= 0.3 is 0 Å². The van der Waals surface area contributed by atoms with E-state index in [1.807, 2.05) is 0 Å². The highest BCUT2D eigenvalue weighted by molar-refractivity contribution is 7.92. The van der Waals surface area contributed by atoms with Crippen molar-refractivity contribution in [2.75, 3.05) is 36.7 Å². The van der Waals surface area contributed by atoms with Crippen LogP contribution in [0.4, 0.5) is 5.69 Å². The monoisotopic (exact) mass is 339 g/mol. The van der Waals surface area contributed by atoms with Crippen molar-refractivity contribution < 1.29 is 13.2 Å². The van der Waals surface area contributed by atoms with Gasteiger partial charge < -0.3 is 10.2 Å². The lowest BCUT2D eigenvalue weighted by Crippen LogP contribution is -2.37. The van der Waals surface area contributed by atoms with Gasteiger partial charge in [0, 0.05) is 13.1 Å². The van der Waals surface area contributed by atoms with Crippen LogP contribution in [-0.4, -0.2) is 51.2 Å². The number of carbonyl (C=O) groups excluding carboxylic acids is 1. The molecule has 0 aliphatic carbocycles. The Morgan fingerprint density at radius 3 is 2.57 bits per heavy atom. The average Bonchev–Trinajstić information content (AvgIpc) is 2.56. The van der Waals surface area contributed by atoms with E-state index in [0.29, 0.717) is 17.8 Å².